The molecule has 4 rings (SSSR count). The third kappa shape index (κ3) is 4.70. The molecule has 0 N–H and O–H groups in total. The summed E-state index contributed by atoms with van der Waals surface area (Å²) in [6.45, 7) is 5.54. The molecule has 0 atom stereocenters. The summed E-state index contributed by atoms with van der Waals surface area (Å²) >= 11 is 7.92. The molecule has 10 heteroatoms. The fourth-order valence-electron chi connectivity index (χ4n) is 3.17. The maximum atomic E-state index is 13.7. The summed E-state index contributed by atoms with van der Waals surface area (Å²) in [5, 5.41) is 0.325. The lowest BCUT2D eigenvalue weighted by Gasteiger charge is -2.17. The molecule has 4 aromatic rings. The molecule has 0 radical (unpaired) electrons. The maximum Gasteiger partial charge on any atom is 0.278 e. The zero-order valence-corrected chi connectivity index (χ0v) is 21.4. The Morgan fingerprint density at radius 2 is 1.85 bits per heavy atom. The molecule has 34 heavy (non-hydrogen) atoms. The van der Waals surface area contributed by atoms with Gasteiger partial charge in [0.05, 0.1) is 24.2 Å². The van der Waals surface area contributed by atoms with Crippen molar-refractivity contribution in [3.8, 4) is 17.1 Å². The van der Waals surface area contributed by atoms with Gasteiger partial charge in [0.25, 0.3) is 5.56 Å². The van der Waals surface area contributed by atoms with Crippen LogP contribution in [0.3, 0.4) is 0 Å². The fourth-order valence-corrected chi connectivity index (χ4v) is 5.64. The topological polar surface area (TPSA) is 66.1 Å². The molecule has 0 bridgehead atoms. The number of carbonyl (C=O) groups excluding carboxylic acids is 1. The first kappa shape index (κ1) is 24.3. The number of hydrogen-bond acceptors (Lipinski definition) is 7. The molecule has 2 heterocycles. The molecular weight excluding hydrogens is 493 g/mol. The second-order valence-electron chi connectivity index (χ2n) is 8.53. The Kier molecular flexibility index (Phi) is 6.75. The first-order valence-corrected chi connectivity index (χ1v) is 12.6. The zero-order valence-electron chi connectivity index (χ0n) is 19.0. The Morgan fingerprint density at radius 3 is 2.50 bits per heavy atom. The molecule has 0 amide bonds. The number of fused-ring (bicyclic) bond motifs is 1. The predicted molar refractivity (Wildman–Crippen MR) is 137 cm³/mol. The molecule has 0 aliphatic heterocycles. The molecule has 176 valence electrons. The van der Waals surface area contributed by atoms with E-state index in [0.717, 1.165) is 11.3 Å². The smallest absolute Gasteiger partial charge is 0.278 e. The minimum absolute atomic E-state index is 0.0208. The lowest BCUT2D eigenvalue weighted by molar-refractivity contribution is -0.123. The number of ketones is 1. The normalized spacial score (nSPS) is 11.7. The van der Waals surface area contributed by atoms with Crippen molar-refractivity contribution >= 4 is 51.4 Å². The van der Waals surface area contributed by atoms with E-state index in [-0.39, 0.29) is 17.1 Å². The highest BCUT2D eigenvalue weighted by Crippen LogP contribution is 2.29. The first-order valence-electron chi connectivity index (χ1n) is 10.3. The van der Waals surface area contributed by atoms with Gasteiger partial charge >= 0.3 is 0 Å². The van der Waals surface area contributed by atoms with Gasteiger partial charge in [-0.3, -0.25) is 18.7 Å². The van der Waals surface area contributed by atoms with Crippen molar-refractivity contribution in [2.75, 3.05) is 12.9 Å². The lowest BCUT2D eigenvalue weighted by Crippen LogP contribution is -2.24. The molecule has 0 saturated carbocycles. The Balaban J connectivity index is 1.96. The molecule has 0 fully saturated rings. The third-order valence-electron chi connectivity index (χ3n) is 5.14. The van der Waals surface area contributed by atoms with E-state index in [1.165, 1.54) is 40.6 Å². The number of rotatable bonds is 6. The number of ether oxygens (including phenoxy) is 1. The van der Waals surface area contributed by atoms with Crippen molar-refractivity contribution in [3.05, 3.63) is 68.7 Å². The number of carbonyl (C=O) groups is 1. The van der Waals surface area contributed by atoms with E-state index in [4.69, 9.17) is 21.9 Å². The van der Waals surface area contributed by atoms with E-state index in [2.05, 4.69) is 0 Å². The van der Waals surface area contributed by atoms with Crippen molar-refractivity contribution in [2.24, 2.45) is 5.41 Å². The Labute approximate surface area is 209 Å². The van der Waals surface area contributed by atoms with E-state index in [9.17, 15) is 14.0 Å². The number of benzene rings is 2. The minimum Gasteiger partial charge on any atom is -0.497 e. The molecule has 0 spiro atoms. The molecule has 0 aliphatic rings. The van der Waals surface area contributed by atoms with Crippen molar-refractivity contribution in [3.63, 3.8) is 0 Å². The van der Waals surface area contributed by atoms with Crippen LogP contribution in [0.5, 0.6) is 5.75 Å². The van der Waals surface area contributed by atoms with Gasteiger partial charge in [0.15, 0.2) is 14.8 Å². The molecular formula is C24H22FN3O3S3. The minimum atomic E-state index is -0.533. The monoisotopic (exact) mass is 515 g/mol. The Morgan fingerprint density at radius 1 is 1.15 bits per heavy atom. The number of Topliss-reactive ketones (excluding diaryl/α,β-unsaturated/α-hetero) is 1. The van der Waals surface area contributed by atoms with Crippen LogP contribution in [0.2, 0.25) is 0 Å². The zero-order chi connectivity index (χ0) is 24.6. The average molecular weight is 516 g/mol. The molecule has 0 unspecified atom stereocenters. The van der Waals surface area contributed by atoms with Crippen molar-refractivity contribution < 1.29 is 13.9 Å². The molecule has 0 aliphatic carbocycles. The summed E-state index contributed by atoms with van der Waals surface area (Å²) in [6, 6.07) is 12.9. The fraction of sp³-hybridized carbons (Fsp3) is 0.250. The van der Waals surface area contributed by atoms with E-state index in [1.807, 2.05) is 45.0 Å². The summed E-state index contributed by atoms with van der Waals surface area (Å²) in [6.07, 6.45) is 0. The largest absolute Gasteiger partial charge is 0.497 e. The summed E-state index contributed by atoms with van der Waals surface area (Å²) in [4.78, 5) is 31.1. The van der Waals surface area contributed by atoms with Crippen LogP contribution in [-0.2, 0) is 4.79 Å². The van der Waals surface area contributed by atoms with E-state index in [1.54, 1.807) is 11.7 Å². The van der Waals surface area contributed by atoms with Crippen LogP contribution in [0.25, 0.3) is 21.7 Å². The van der Waals surface area contributed by atoms with Crippen molar-refractivity contribution in [2.45, 2.75) is 25.9 Å². The van der Waals surface area contributed by atoms with Gasteiger partial charge in [-0.05, 0) is 48.6 Å². The maximum absolute atomic E-state index is 13.7. The summed E-state index contributed by atoms with van der Waals surface area (Å²) in [7, 11) is 1.57. The quantitative estimate of drug-likeness (QED) is 0.183. The number of aromatic nitrogens is 3. The van der Waals surface area contributed by atoms with Crippen LogP contribution in [0.4, 0.5) is 4.39 Å². The number of thiazole rings is 1. The molecule has 2 aromatic heterocycles. The van der Waals surface area contributed by atoms with Crippen LogP contribution in [0.1, 0.15) is 20.8 Å². The molecule has 2 aromatic carbocycles. The number of nitrogens with zero attached hydrogens (tertiary/aromatic N) is 3. The summed E-state index contributed by atoms with van der Waals surface area (Å²) in [5.41, 5.74) is 0.703. The van der Waals surface area contributed by atoms with Gasteiger partial charge in [0.2, 0.25) is 0 Å². The number of thioether (sulfide) groups is 1. The second kappa shape index (κ2) is 9.44. The van der Waals surface area contributed by atoms with E-state index >= 15 is 0 Å². The van der Waals surface area contributed by atoms with Gasteiger partial charge in [0, 0.05) is 11.5 Å². The SMILES string of the molecule is COc1cccc(-n2c(=S)sc3c(=O)n(-c4ccc(F)cc4)c(SCC(=O)C(C)(C)C)nc32)c1. The average Bonchev–Trinajstić information content (AvgIpc) is 3.14. The van der Waals surface area contributed by atoms with Gasteiger partial charge in [-0.1, -0.05) is 49.9 Å². The van der Waals surface area contributed by atoms with Crippen LogP contribution >= 0.6 is 35.3 Å². The standard InChI is InChI=1S/C24H22FN3O3S3/c1-24(2,3)18(29)13-33-22-26-20-19(21(30)28(22)15-10-8-14(25)9-11-15)34-23(32)27(20)16-6-5-7-17(12-16)31-4/h5-12H,13H2,1-4H3. The van der Waals surface area contributed by atoms with Crippen LogP contribution in [-0.4, -0.2) is 32.8 Å². The van der Waals surface area contributed by atoms with E-state index in [0.29, 0.717) is 36.6 Å². The highest BCUT2D eigenvalue weighted by atomic mass is 32.2. The van der Waals surface area contributed by atoms with Crippen LogP contribution in [0, 0.1) is 15.2 Å². The van der Waals surface area contributed by atoms with Crippen LogP contribution < -0.4 is 10.3 Å². The second-order valence-corrected chi connectivity index (χ2v) is 11.1. The Hall–Kier alpha value is -2.82. The first-order chi connectivity index (χ1) is 16.1. The number of methoxy groups -OCH3 is 1. The highest BCUT2D eigenvalue weighted by molar-refractivity contribution is 7.99. The Bertz CT molecular complexity index is 1500. The third-order valence-corrected chi connectivity index (χ3v) is 7.43. The van der Waals surface area contributed by atoms with Crippen LogP contribution in [0.15, 0.2) is 58.5 Å². The van der Waals surface area contributed by atoms with Gasteiger partial charge in [0.1, 0.15) is 22.0 Å². The predicted octanol–water partition coefficient (Wildman–Crippen LogP) is 5.82. The van der Waals surface area contributed by atoms with Gasteiger partial charge in [-0.2, -0.15) is 0 Å². The van der Waals surface area contributed by atoms with Crippen molar-refractivity contribution in [1.82, 2.24) is 14.1 Å². The molecule has 6 nitrogen and oxygen atoms in total. The van der Waals surface area contributed by atoms with Gasteiger partial charge in [-0.25, -0.2) is 9.37 Å². The summed E-state index contributed by atoms with van der Waals surface area (Å²) < 4.78 is 22.8. The lowest BCUT2D eigenvalue weighted by atomic mass is 9.92. The van der Waals surface area contributed by atoms with Gasteiger partial charge < -0.3 is 4.74 Å². The summed E-state index contributed by atoms with van der Waals surface area (Å²) in [5.74, 6) is 0.381. The van der Waals surface area contributed by atoms with Gasteiger partial charge in [-0.15, -0.1) is 0 Å². The van der Waals surface area contributed by atoms with E-state index < -0.39 is 11.2 Å². The molecule has 0 saturated heterocycles. The number of hydrogen-bond donors (Lipinski definition) is 0. The highest BCUT2D eigenvalue weighted by Gasteiger charge is 2.24. The van der Waals surface area contributed by atoms with Crippen molar-refractivity contribution in [1.29, 1.82) is 0 Å². The number of halogens is 1.